The van der Waals surface area contributed by atoms with Crippen molar-refractivity contribution in [2.45, 2.75) is 37.9 Å². The third-order valence-electron chi connectivity index (χ3n) is 3.95. The van der Waals surface area contributed by atoms with Crippen molar-refractivity contribution in [3.63, 3.8) is 0 Å². The lowest BCUT2D eigenvalue weighted by Gasteiger charge is -2.25. The Bertz CT molecular complexity index is 681. The lowest BCUT2D eigenvalue weighted by Crippen LogP contribution is -2.43. The molecule has 9 heteroatoms. The number of halogens is 3. The topological polar surface area (TPSA) is 66.5 Å². The van der Waals surface area contributed by atoms with Crippen molar-refractivity contribution in [2.24, 2.45) is 0 Å². The van der Waals surface area contributed by atoms with Crippen LogP contribution >= 0.6 is 0 Å². The van der Waals surface area contributed by atoms with Crippen LogP contribution in [0.15, 0.2) is 24.3 Å². The van der Waals surface area contributed by atoms with Crippen LogP contribution < -0.4 is 5.32 Å². The molecule has 0 bridgehead atoms. The van der Waals surface area contributed by atoms with Crippen LogP contribution in [0.5, 0.6) is 0 Å². The number of sulfonamides is 1. The fourth-order valence-corrected chi connectivity index (χ4v) is 3.90. The Balaban J connectivity index is 2.03. The maximum absolute atomic E-state index is 12.5. The molecule has 0 aromatic heterocycles. The molecule has 134 valence electrons. The molecule has 1 aromatic carbocycles. The van der Waals surface area contributed by atoms with Gasteiger partial charge in [0, 0.05) is 11.7 Å². The van der Waals surface area contributed by atoms with Crippen LogP contribution in [0.1, 0.15) is 31.2 Å². The van der Waals surface area contributed by atoms with Crippen molar-refractivity contribution in [1.82, 2.24) is 4.31 Å². The predicted octanol–water partition coefficient (Wildman–Crippen LogP) is 2.85. The first-order chi connectivity index (χ1) is 11.1. The number of hydrogen-bond acceptors (Lipinski definition) is 3. The lowest BCUT2D eigenvalue weighted by molar-refractivity contribution is -0.137. The molecule has 1 fully saturated rings. The minimum Gasteiger partial charge on any atom is -0.325 e. The van der Waals surface area contributed by atoms with E-state index in [1.54, 1.807) is 0 Å². The molecule has 0 unspecified atom stereocenters. The summed E-state index contributed by atoms with van der Waals surface area (Å²) < 4.78 is 62.4. The van der Waals surface area contributed by atoms with E-state index >= 15 is 0 Å². The average Bonchev–Trinajstić information content (AvgIpc) is 2.97. The van der Waals surface area contributed by atoms with E-state index < -0.39 is 27.7 Å². The second kappa shape index (κ2) is 7.10. The number of nitrogens with zero attached hydrogens (tertiary/aromatic N) is 1. The van der Waals surface area contributed by atoms with E-state index in [-0.39, 0.29) is 18.3 Å². The molecular weight excluding hydrogens is 345 g/mol. The second-order valence-electron chi connectivity index (χ2n) is 5.87. The number of carbonyl (C=O) groups excluding carboxylic acids is 1. The molecular formula is C15H19F3N2O3S. The summed E-state index contributed by atoms with van der Waals surface area (Å²) in [6, 6.07) is 3.81. The SMILES string of the molecule is CS(=O)(=O)N(CC(=O)Nc1ccc(C(F)(F)F)cc1)C1CCCC1. The number of rotatable bonds is 5. The third kappa shape index (κ3) is 4.94. The molecule has 0 atom stereocenters. The number of hydrogen-bond donors (Lipinski definition) is 1. The van der Waals surface area contributed by atoms with Gasteiger partial charge in [0.05, 0.1) is 18.4 Å². The Labute approximate surface area is 138 Å². The zero-order valence-corrected chi connectivity index (χ0v) is 14.0. The molecule has 0 radical (unpaired) electrons. The van der Waals surface area contributed by atoms with Crippen LogP contribution in [-0.2, 0) is 21.0 Å². The van der Waals surface area contributed by atoms with Crippen LogP contribution in [0, 0.1) is 0 Å². The summed E-state index contributed by atoms with van der Waals surface area (Å²) in [5.41, 5.74) is -0.628. The van der Waals surface area contributed by atoms with Gasteiger partial charge < -0.3 is 5.32 Å². The maximum Gasteiger partial charge on any atom is 0.416 e. The van der Waals surface area contributed by atoms with Gasteiger partial charge in [0.1, 0.15) is 0 Å². The highest BCUT2D eigenvalue weighted by molar-refractivity contribution is 7.88. The molecule has 0 spiro atoms. The molecule has 24 heavy (non-hydrogen) atoms. The van der Waals surface area contributed by atoms with Crippen molar-refractivity contribution in [3.05, 3.63) is 29.8 Å². The molecule has 0 saturated heterocycles. The van der Waals surface area contributed by atoms with Gasteiger partial charge in [0.15, 0.2) is 0 Å². The average molecular weight is 364 g/mol. The first-order valence-corrected chi connectivity index (χ1v) is 9.36. The van der Waals surface area contributed by atoms with Crippen LogP contribution in [0.25, 0.3) is 0 Å². The van der Waals surface area contributed by atoms with Gasteiger partial charge in [-0.05, 0) is 37.1 Å². The summed E-state index contributed by atoms with van der Waals surface area (Å²) in [4.78, 5) is 12.1. The minimum absolute atomic E-state index is 0.188. The van der Waals surface area contributed by atoms with Gasteiger partial charge in [-0.2, -0.15) is 17.5 Å². The summed E-state index contributed by atoms with van der Waals surface area (Å²) in [6.07, 6.45) is -0.148. The quantitative estimate of drug-likeness (QED) is 0.874. The molecule has 1 aliphatic rings. The van der Waals surface area contributed by atoms with E-state index in [2.05, 4.69) is 5.32 Å². The van der Waals surface area contributed by atoms with Crippen LogP contribution in [0.4, 0.5) is 18.9 Å². The minimum atomic E-state index is -4.45. The fraction of sp³-hybridized carbons (Fsp3) is 0.533. The highest BCUT2D eigenvalue weighted by atomic mass is 32.2. The van der Waals surface area contributed by atoms with Crippen LogP contribution in [0.3, 0.4) is 0 Å². The van der Waals surface area contributed by atoms with E-state index in [4.69, 9.17) is 0 Å². The number of amides is 1. The standard InChI is InChI=1S/C15H19F3N2O3S/c1-24(22,23)20(13-4-2-3-5-13)10-14(21)19-12-8-6-11(7-9-12)15(16,17)18/h6-9,13H,2-5,10H2,1H3,(H,19,21). The molecule has 2 rings (SSSR count). The number of alkyl halides is 3. The summed E-state index contributed by atoms with van der Waals surface area (Å²) in [6.45, 7) is -0.343. The highest BCUT2D eigenvalue weighted by Gasteiger charge is 2.31. The molecule has 1 aliphatic carbocycles. The van der Waals surface area contributed by atoms with Crippen LogP contribution in [-0.4, -0.2) is 37.5 Å². The lowest BCUT2D eigenvalue weighted by atomic mass is 10.2. The van der Waals surface area contributed by atoms with Crippen molar-refractivity contribution >= 4 is 21.6 Å². The molecule has 0 aliphatic heterocycles. The summed E-state index contributed by atoms with van der Waals surface area (Å²) in [5, 5.41) is 2.43. The van der Waals surface area contributed by atoms with Gasteiger partial charge in [-0.3, -0.25) is 4.79 Å². The zero-order valence-electron chi connectivity index (χ0n) is 13.1. The van der Waals surface area contributed by atoms with Gasteiger partial charge in [-0.1, -0.05) is 12.8 Å². The summed E-state index contributed by atoms with van der Waals surface area (Å²) in [5.74, 6) is -0.577. The van der Waals surface area contributed by atoms with Gasteiger partial charge in [0.25, 0.3) is 0 Å². The van der Waals surface area contributed by atoms with E-state index in [1.807, 2.05) is 0 Å². The smallest absolute Gasteiger partial charge is 0.325 e. The van der Waals surface area contributed by atoms with Crippen molar-refractivity contribution in [3.8, 4) is 0 Å². The first-order valence-electron chi connectivity index (χ1n) is 7.51. The predicted molar refractivity (Wildman–Crippen MR) is 83.9 cm³/mol. The first kappa shape index (κ1) is 18.7. The number of carbonyl (C=O) groups is 1. The Kier molecular flexibility index (Phi) is 5.54. The maximum atomic E-state index is 12.5. The van der Waals surface area contributed by atoms with E-state index in [0.29, 0.717) is 12.8 Å². The Morgan fingerprint density at radius 1 is 1.21 bits per heavy atom. The molecule has 1 aromatic rings. The molecule has 1 N–H and O–H groups in total. The normalized spacial score (nSPS) is 16.5. The summed E-state index contributed by atoms with van der Waals surface area (Å²) in [7, 11) is -3.54. The van der Waals surface area contributed by atoms with E-state index in [0.717, 1.165) is 43.4 Å². The fourth-order valence-electron chi connectivity index (χ4n) is 2.79. The Morgan fingerprint density at radius 2 is 1.75 bits per heavy atom. The highest BCUT2D eigenvalue weighted by Crippen LogP contribution is 2.30. The van der Waals surface area contributed by atoms with E-state index in [1.165, 1.54) is 4.31 Å². The second-order valence-corrected chi connectivity index (χ2v) is 7.80. The third-order valence-corrected chi connectivity index (χ3v) is 5.23. The Morgan fingerprint density at radius 3 is 2.21 bits per heavy atom. The largest absolute Gasteiger partial charge is 0.416 e. The zero-order chi connectivity index (χ0) is 18.0. The van der Waals surface area contributed by atoms with Gasteiger partial charge in [-0.15, -0.1) is 0 Å². The van der Waals surface area contributed by atoms with Gasteiger partial charge in [-0.25, -0.2) is 8.42 Å². The monoisotopic (exact) mass is 364 g/mol. The van der Waals surface area contributed by atoms with Crippen LogP contribution in [0.2, 0.25) is 0 Å². The number of anilines is 1. The number of benzene rings is 1. The molecule has 5 nitrogen and oxygen atoms in total. The van der Waals surface area contributed by atoms with Gasteiger partial charge in [0.2, 0.25) is 15.9 Å². The Hall–Kier alpha value is -1.61. The molecule has 1 amide bonds. The molecule has 0 heterocycles. The van der Waals surface area contributed by atoms with Crippen molar-refractivity contribution < 1.29 is 26.4 Å². The van der Waals surface area contributed by atoms with Crippen molar-refractivity contribution in [2.75, 3.05) is 18.1 Å². The van der Waals surface area contributed by atoms with Gasteiger partial charge >= 0.3 is 6.18 Å². The number of nitrogens with one attached hydrogen (secondary N) is 1. The molecule has 1 saturated carbocycles. The van der Waals surface area contributed by atoms with E-state index in [9.17, 15) is 26.4 Å². The van der Waals surface area contributed by atoms with Crippen molar-refractivity contribution in [1.29, 1.82) is 0 Å². The summed E-state index contributed by atoms with van der Waals surface area (Å²) >= 11 is 0.